The van der Waals surface area contributed by atoms with Crippen molar-refractivity contribution in [2.75, 3.05) is 12.0 Å². The van der Waals surface area contributed by atoms with Crippen LogP contribution < -0.4 is 0 Å². The van der Waals surface area contributed by atoms with Gasteiger partial charge in [0.25, 0.3) is 0 Å². The first kappa shape index (κ1) is 12.3. The minimum atomic E-state index is 0.965. The Balaban J connectivity index is 3.02. The van der Waals surface area contributed by atoms with Crippen LogP contribution in [0.25, 0.3) is 0 Å². The van der Waals surface area contributed by atoms with Crippen molar-refractivity contribution in [3.63, 3.8) is 0 Å². The van der Waals surface area contributed by atoms with Crippen molar-refractivity contribution in [1.29, 1.82) is 0 Å². The van der Waals surface area contributed by atoms with Gasteiger partial charge in [0.05, 0.1) is 0 Å². The third kappa shape index (κ3) is 8.45. The lowest BCUT2D eigenvalue weighted by molar-refractivity contribution is 0.455. The van der Waals surface area contributed by atoms with Crippen LogP contribution in [0.3, 0.4) is 0 Å². The Kier molecular flexibility index (Phi) is 9.71. The number of hydrogen-bond acceptors (Lipinski definition) is 1. The summed E-state index contributed by atoms with van der Waals surface area (Å²) in [4.78, 5) is 0. The summed E-state index contributed by atoms with van der Waals surface area (Å²) in [5.41, 5.74) is 0. The third-order valence-corrected chi connectivity index (χ3v) is 3.04. The Morgan fingerprint density at radius 3 is 2.33 bits per heavy atom. The molecule has 0 fully saturated rings. The number of rotatable bonds is 8. The van der Waals surface area contributed by atoms with Crippen molar-refractivity contribution in [2.45, 2.75) is 52.4 Å². The highest BCUT2D eigenvalue weighted by Gasteiger charge is 2.00. The third-order valence-electron chi connectivity index (χ3n) is 2.35. The molecule has 0 saturated heterocycles. The lowest BCUT2D eigenvalue weighted by Gasteiger charge is -2.09. The van der Waals surface area contributed by atoms with E-state index in [0.29, 0.717) is 0 Å². The second kappa shape index (κ2) is 9.44. The molecule has 0 aliphatic carbocycles. The molecule has 12 heavy (non-hydrogen) atoms. The number of unbranched alkanes of at least 4 members (excludes halogenated alkanes) is 2. The van der Waals surface area contributed by atoms with E-state index < -0.39 is 0 Å². The van der Waals surface area contributed by atoms with Gasteiger partial charge in [-0.15, -0.1) is 0 Å². The summed E-state index contributed by atoms with van der Waals surface area (Å²) < 4.78 is 0. The van der Waals surface area contributed by atoms with E-state index in [4.69, 9.17) is 0 Å². The van der Waals surface area contributed by atoms with Gasteiger partial charge in [-0.25, -0.2) is 0 Å². The molecule has 0 rings (SSSR count). The fourth-order valence-electron chi connectivity index (χ4n) is 1.44. The second-order valence-corrected chi connectivity index (χ2v) is 4.72. The van der Waals surface area contributed by atoms with E-state index in [1.165, 1.54) is 44.3 Å². The molecular formula is C11H24S. The average molecular weight is 188 g/mol. The van der Waals surface area contributed by atoms with E-state index in [1.54, 1.807) is 0 Å². The molecule has 0 aromatic rings. The van der Waals surface area contributed by atoms with Crippen molar-refractivity contribution < 1.29 is 0 Å². The zero-order valence-electron chi connectivity index (χ0n) is 8.94. The van der Waals surface area contributed by atoms with Gasteiger partial charge in [0, 0.05) is 0 Å². The topological polar surface area (TPSA) is 0 Å². The van der Waals surface area contributed by atoms with Crippen molar-refractivity contribution in [2.24, 2.45) is 5.92 Å². The first-order valence-electron chi connectivity index (χ1n) is 5.30. The minimum absolute atomic E-state index is 0.965. The lowest BCUT2D eigenvalue weighted by atomic mass is 9.98. The standard InChI is InChI=1S/C11H24S/c1-4-5-8-11(2)9-6-7-10-12-3/h11H,4-10H2,1-3H3. The Bertz CT molecular complexity index is 81.1. The molecule has 1 unspecified atom stereocenters. The van der Waals surface area contributed by atoms with Gasteiger partial charge < -0.3 is 0 Å². The van der Waals surface area contributed by atoms with E-state index >= 15 is 0 Å². The van der Waals surface area contributed by atoms with Crippen LogP contribution >= 0.6 is 11.8 Å². The molecular weight excluding hydrogens is 164 g/mol. The van der Waals surface area contributed by atoms with Crippen LogP contribution in [0.1, 0.15) is 52.4 Å². The molecule has 0 spiro atoms. The maximum Gasteiger partial charge on any atom is -0.00703 e. The molecule has 1 atom stereocenters. The highest BCUT2D eigenvalue weighted by atomic mass is 32.2. The molecule has 0 aliphatic rings. The fraction of sp³-hybridized carbons (Fsp3) is 1.00. The van der Waals surface area contributed by atoms with Crippen molar-refractivity contribution in [3.05, 3.63) is 0 Å². The molecule has 0 amide bonds. The van der Waals surface area contributed by atoms with Crippen molar-refractivity contribution in [1.82, 2.24) is 0 Å². The number of thioether (sulfide) groups is 1. The minimum Gasteiger partial charge on any atom is -0.165 e. The van der Waals surface area contributed by atoms with E-state index in [0.717, 1.165) is 5.92 Å². The summed E-state index contributed by atoms with van der Waals surface area (Å²) in [5.74, 6) is 2.31. The quantitative estimate of drug-likeness (QED) is 0.510. The lowest BCUT2D eigenvalue weighted by Crippen LogP contribution is -1.94. The van der Waals surface area contributed by atoms with Crippen LogP contribution in [0.2, 0.25) is 0 Å². The van der Waals surface area contributed by atoms with Crippen LogP contribution in [-0.2, 0) is 0 Å². The Hall–Kier alpha value is 0.350. The van der Waals surface area contributed by atoms with Crippen LogP contribution in [0.4, 0.5) is 0 Å². The predicted molar refractivity (Wildman–Crippen MR) is 60.9 cm³/mol. The average Bonchev–Trinajstić information content (AvgIpc) is 2.09. The van der Waals surface area contributed by atoms with Gasteiger partial charge >= 0.3 is 0 Å². The molecule has 1 heteroatoms. The zero-order chi connectivity index (χ0) is 9.23. The summed E-state index contributed by atoms with van der Waals surface area (Å²) in [7, 11) is 0. The first-order chi connectivity index (χ1) is 5.81. The van der Waals surface area contributed by atoms with Crippen LogP contribution in [-0.4, -0.2) is 12.0 Å². The molecule has 0 bridgehead atoms. The molecule has 0 N–H and O–H groups in total. The molecule has 0 radical (unpaired) electrons. The molecule has 0 aromatic heterocycles. The van der Waals surface area contributed by atoms with Gasteiger partial charge in [-0.05, 0) is 24.3 Å². The van der Waals surface area contributed by atoms with E-state index in [-0.39, 0.29) is 0 Å². The van der Waals surface area contributed by atoms with Crippen molar-refractivity contribution in [3.8, 4) is 0 Å². The molecule has 74 valence electrons. The molecule has 0 aromatic carbocycles. The van der Waals surface area contributed by atoms with Crippen LogP contribution in [0.15, 0.2) is 0 Å². The fourth-order valence-corrected chi connectivity index (χ4v) is 1.93. The molecule has 0 aliphatic heterocycles. The SMILES string of the molecule is CCCCC(C)CCCCSC. The zero-order valence-corrected chi connectivity index (χ0v) is 9.75. The summed E-state index contributed by atoms with van der Waals surface area (Å²) in [6.45, 7) is 4.68. The van der Waals surface area contributed by atoms with E-state index in [9.17, 15) is 0 Å². The van der Waals surface area contributed by atoms with Gasteiger partial charge in [-0.1, -0.05) is 46.0 Å². The predicted octanol–water partition coefficient (Wildman–Crippen LogP) is 4.35. The molecule has 0 saturated carbocycles. The maximum absolute atomic E-state index is 2.40. The summed E-state index contributed by atoms with van der Waals surface area (Å²) in [6.07, 6.45) is 10.7. The monoisotopic (exact) mass is 188 g/mol. The Morgan fingerprint density at radius 2 is 1.75 bits per heavy atom. The van der Waals surface area contributed by atoms with Gasteiger partial charge in [-0.2, -0.15) is 11.8 Å². The summed E-state index contributed by atoms with van der Waals surface area (Å²) >= 11 is 1.97. The highest BCUT2D eigenvalue weighted by molar-refractivity contribution is 7.98. The van der Waals surface area contributed by atoms with Crippen molar-refractivity contribution >= 4 is 11.8 Å². The normalized spacial score (nSPS) is 13.2. The van der Waals surface area contributed by atoms with Gasteiger partial charge in [0.15, 0.2) is 0 Å². The second-order valence-electron chi connectivity index (χ2n) is 3.74. The summed E-state index contributed by atoms with van der Waals surface area (Å²) in [5, 5.41) is 0. The van der Waals surface area contributed by atoms with E-state index in [1.807, 2.05) is 11.8 Å². The smallest absolute Gasteiger partial charge is 0.00703 e. The maximum atomic E-state index is 2.40. The largest absolute Gasteiger partial charge is 0.165 e. The Labute approximate surface area is 82.5 Å². The highest BCUT2D eigenvalue weighted by Crippen LogP contribution is 2.15. The van der Waals surface area contributed by atoms with Gasteiger partial charge in [0.2, 0.25) is 0 Å². The molecule has 0 heterocycles. The van der Waals surface area contributed by atoms with Crippen LogP contribution in [0.5, 0.6) is 0 Å². The summed E-state index contributed by atoms with van der Waals surface area (Å²) in [6, 6.07) is 0. The van der Waals surface area contributed by atoms with Gasteiger partial charge in [0.1, 0.15) is 0 Å². The van der Waals surface area contributed by atoms with Crippen LogP contribution in [0, 0.1) is 5.92 Å². The van der Waals surface area contributed by atoms with E-state index in [2.05, 4.69) is 20.1 Å². The number of hydrogen-bond donors (Lipinski definition) is 0. The molecule has 0 nitrogen and oxygen atoms in total. The first-order valence-corrected chi connectivity index (χ1v) is 6.69. The Morgan fingerprint density at radius 1 is 1.08 bits per heavy atom. The van der Waals surface area contributed by atoms with Gasteiger partial charge in [-0.3, -0.25) is 0 Å².